The molecule has 0 atom stereocenters. The van der Waals surface area contributed by atoms with Crippen LogP contribution in [0, 0.1) is 0 Å². The largest absolute Gasteiger partial charge is 0.406 e. The zero-order valence-corrected chi connectivity index (χ0v) is 12.8. The number of halogens is 3. The molecule has 124 valence electrons. The van der Waals surface area contributed by atoms with Gasteiger partial charge in [-0.05, 0) is 12.1 Å². The van der Waals surface area contributed by atoms with Crippen LogP contribution in [0.2, 0.25) is 0 Å². The first-order valence-electron chi connectivity index (χ1n) is 7.25. The van der Waals surface area contributed by atoms with E-state index in [1.165, 1.54) is 6.08 Å². The molecule has 2 rings (SSSR count). The number of benzene rings is 1. The van der Waals surface area contributed by atoms with Crippen molar-refractivity contribution in [3.8, 4) is 0 Å². The molecule has 0 fully saturated rings. The van der Waals surface area contributed by atoms with Crippen LogP contribution in [0.5, 0.6) is 0 Å². The van der Waals surface area contributed by atoms with Crippen LogP contribution in [-0.2, 0) is 17.8 Å². The van der Waals surface area contributed by atoms with Crippen LogP contribution in [0.1, 0.15) is 12.7 Å². The minimum Gasteiger partial charge on any atom is -0.328 e. The number of imidazole rings is 1. The van der Waals surface area contributed by atoms with Crippen LogP contribution < -0.4 is 0 Å². The molecule has 0 aliphatic rings. The van der Waals surface area contributed by atoms with Gasteiger partial charge in [-0.2, -0.15) is 13.2 Å². The monoisotopic (exact) mass is 325 g/mol. The Morgan fingerprint density at radius 3 is 2.70 bits per heavy atom. The lowest BCUT2D eigenvalue weighted by atomic mass is 10.3. The Hall–Kier alpha value is -2.31. The molecule has 0 aliphatic heterocycles. The Bertz CT molecular complexity index is 706. The summed E-state index contributed by atoms with van der Waals surface area (Å²) in [4.78, 5) is 17.5. The molecule has 2 aromatic rings. The van der Waals surface area contributed by atoms with Crippen molar-refractivity contribution in [3.05, 3.63) is 42.7 Å². The number of para-hydroxylation sites is 2. The second-order valence-electron chi connectivity index (χ2n) is 5.13. The quantitative estimate of drug-likeness (QED) is 0.765. The van der Waals surface area contributed by atoms with Crippen molar-refractivity contribution in [2.75, 3.05) is 13.1 Å². The maximum Gasteiger partial charge on any atom is 0.406 e. The molecule has 0 aliphatic carbocycles. The highest BCUT2D eigenvalue weighted by molar-refractivity contribution is 5.81. The molecule has 1 aromatic heterocycles. The summed E-state index contributed by atoms with van der Waals surface area (Å²) < 4.78 is 39.5. The van der Waals surface area contributed by atoms with Crippen molar-refractivity contribution >= 4 is 16.9 Å². The fraction of sp³-hybridized carbons (Fsp3) is 0.375. The number of amides is 1. The van der Waals surface area contributed by atoms with Gasteiger partial charge in [-0.15, -0.1) is 6.58 Å². The molecular formula is C16H18F3N3O. The second-order valence-corrected chi connectivity index (χ2v) is 5.13. The zero-order chi connectivity index (χ0) is 17.0. The summed E-state index contributed by atoms with van der Waals surface area (Å²) in [6, 6.07) is 7.25. The first-order chi connectivity index (χ1) is 10.9. The predicted octanol–water partition coefficient (Wildman–Crippen LogP) is 3.18. The number of carbonyl (C=O) groups is 1. The number of fused-ring (bicyclic) bond motifs is 1. The van der Waals surface area contributed by atoms with E-state index in [-0.39, 0.29) is 13.1 Å². The summed E-state index contributed by atoms with van der Waals surface area (Å²) in [6.45, 7) is 3.70. The van der Waals surface area contributed by atoms with Crippen molar-refractivity contribution in [1.29, 1.82) is 0 Å². The Labute approximate surface area is 132 Å². The molecule has 0 saturated carbocycles. The number of alkyl halides is 3. The van der Waals surface area contributed by atoms with Crippen molar-refractivity contribution in [2.24, 2.45) is 0 Å². The van der Waals surface area contributed by atoms with E-state index in [4.69, 9.17) is 0 Å². The van der Waals surface area contributed by atoms with E-state index >= 15 is 0 Å². The van der Waals surface area contributed by atoms with Crippen LogP contribution in [0.15, 0.2) is 36.9 Å². The normalized spacial score (nSPS) is 11.7. The van der Waals surface area contributed by atoms with Crippen LogP contribution >= 0.6 is 0 Å². The van der Waals surface area contributed by atoms with E-state index in [1.54, 1.807) is 10.6 Å². The van der Waals surface area contributed by atoms with Gasteiger partial charge in [-0.1, -0.05) is 25.1 Å². The highest BCUT2D eigenvalue weighted by Gasteiger charge is 2.32. The predicted molar refractivity (Wildman–Crippen MR) is 81.9 cm³/mol. The summed E-state index contributed by atoms with van der Waals surface area (Å²) in [7, 11) is 0. The van der Waals surface area contributed by atoms with Crippen LogP contribution in [-0.4, -0.2) is 39.6 Å². The maximum atomic E-state index is 12.6. The minimum atomic E-state index is -4.44. The first-order valence-corrected chi connectivity index (χ1v) is 7.25. The molecule has 0 saturated heterocycles. The number of aryl methyl sites for hydroxylation is 1. The number of hydrogen-bond donors (Lipinski definition) is 0. The lowest BCUT2D eigenvalue weighted by Crippen LogP contribution is -2.40. The standard InChI is InChI=1S/C16H18F3N3O/c1-3-9-21(11-16(17,18)19)15(23)10-22-13-8-6-5-7-12(13)20-14(22)4-2/h3,5-8H,1,4,9-11H2,2H3. The lowest BCUT2D eigenvalue weighted by molar-refractivity contribution is -0.160. The molecule has 23 heavy (non-hydrogen) atoms. The molecule has 0 radical (unpaired) electrons. The van der Waals surface area contributed by atoms with Crippen molar-refractivity contribution in [1.82, 2.24) is 14.5 Å². The molecule has 0 spiro atoms. The fourth-order valence-corrected chi connectivity index (χ4v) is 2.43. The smallest absolute Gasteiger partial charge is 0.328 e. The Balaban J connectivity index is 2.29. The third-order valence-electron chi connectivity index (χ3n) is 3.42. The summed E-state index contributed by atoms with van der Waals surface area (Å²) >= 11 is 0. The molecule has 1 amide bonds. The summed E-state index contributed by atoms with van der Waals surface area (Å²) in [6.07, 6.45) is -2.57. The van der Waals surface area contributed by atoms with Gasteiger partial charge in [0.2, 0.25) is 5.91 Å². The van der Waals surface area contributed by atoms with Gasteiger partial charge in [0, 0.05) is 13.0 Å². The van der Waals surface area contributed by atoms with Crippen molar-refractivity contribution in [2.45, 2.75) is 26.1 Å². The summed E-state index contributed by atoms with van der Waals surface area (Å²) in [5, 5.41) is 0. The summed E-state index contributed by atoms with van der Waals surface area (Å²) in [5.74, 6) is 0.0604. The van der Waals surface area contributed by atoms with Gasteiger partial charge in [-0.25, -0.2) is 4.98 Å². The third-order valence-corrected chi connectivity index (χ3v) is 3.42. The Morgan fingerprint density at radius 2 is 2.09 bits per heavy atom. The molecule has 0 N–H and O–H groups in total. The van der Waals surface area contributed by atoms with E-state index in [1.807, 2.05) is 25.1 Å². The highest BCUT2D eigenvalue weighted by atomic mass is 19.4. The number of rotatable bonds is 6. The average molecular weight is 325 g/mol. The van der Waals surface area contributed by atoms with Crippen LogP contribution in [0.3, 0.4) is 0 Å². The Morgan fingerprint density at radius 1 is 1.39 bits per heavy atom. The molecule has 7 heteroatoms. The van der Waals surface area contributed by atoms with Crippen molar-refractivity contribution < 1.29 is 18.0 Å². The number of hydrogen-bond acceptors (Lipinski definition) is 2. The average Bonchev–Trinajstić information content (AvgIpc) is 2.83. The van der Waals surface area contributed by atoms with Gasteiger partial charge in [0.1, 0.15) is 18.9 Å². The topological polar surface area (TPSA) is 38.1 Å². The zero-order valence-electron chi connectivity index (χ0n) is 12.8. The second kappa shape index (κ2) is 6.85. The summed E-state index contributed by atoms with van der Waals surface area (Å²) in [5.41, 5.74) is 1.46. The lowest BCUT2D eigenvalue weighted by Gasteiger charge is -2.23. The third kappa shape index (κ3) is 4.12. The van der Waals surface area contributed by atoms with E-state index in [2.05, 4.69) is 11.6 Å². The van der Waals surface area contributed by atoms with Gasteiger partial charge < -0.3 is 9.47 Å². The van der Waals surface area contributed by atoms with E-state index < -0.39 is 18.6 Å². The van der Waals surface area contributed by atoms with Crippen LogP contribution in [0.4, 0.5) is 13.2 Å². The number of aromatic nitrogens is 2. The Kier molecular flexibility index (Phi) is 5.08. The highest BCUT2D eigenvalue weighted by Crippen LogP contribution is 2.19. The van der Waals surface area contributed by atoms with Gasteiger partial charge >= 0.3 is 6.18 Å². The maximum absolute atomic E-state index is 12.6. The first kappa shape index (κ1) is 17.1. The van der Waals surface area contributed by atoms with Crippen molar-refractivity contribution in [3.63, 3.8) is 0 Å². The van der Waals surface area contributed by atoms with Gasteiger partial charge in [0.05, 0.1) is 11.0 Å². The van der Waals surface area contributed by atoms with Gasteiger partial charge in [-0.3, -0.25) is 4.79 Å². The number of carbonyl (C=O) groups excluding carboxylic acids is 1. The number of nitrogens with zero attached hydrogens (tertiary/aromatic N) is 3. The van der Waals surface area contributed by atoms with E-state index in [9.17, 15) is 18.0 Å². The molecule has 0 bridgehead atoms. The molecule has 1 heterocycles. The fourth-order valence-electron chi connectivity index (χ4n) is 2.43. The van der Waals surface area contributed by atoms with Gasteiger partial charge in [0.15, 0.2) is 0 Å². The van der Waals surface area contributed by atoms with E-state index in [0.717, 1.165) is 15.9 Å². The molecular weight excluding hydrogens is 307 g/mol. The molecule has 4 nitrogen and oxygen atoms in total. The SMILES string of the molecule is C=CCN(CC(F)(F)F)C(=O)Cn1c(CC)nc2ccccc21. The molecule has 0 unspecified atom stereocenters. The van der Waals surface area contributed by atoms with Gasteiger partial charge in [0.25, 0.3) is 0 Å². The minimum absolute atomic E-state index is 0.146. The van der Waals surface area contributed by atoms with E-state index in [0.29, 0.717) is 12.2 Å². The molecule has 1 aromatic carbocycles. The van der Waals surface area contributed by atoms with Crippen LogP contribution in [0.25, 0.3) is 11.0 Å².